The summed E-state index contributed by atoms with van der Waals surface area (Å²) in [6.45, 7) is 5.82. The second-order valence-electron chi connectivity index (χ2n) is 3.78. The number of nitrogens with two attached hydrogens (primary N) is 1. The zero-order valence-electron chi connectivity index (χ0n) is 9.17. The van der Waals surface area contributed by atoms with Gasteiger partial charge in [0, 0.05) is 10.5 Å². The molecule has 1 atom stereocenters. The molecule has 1 unspecified atom stereocenters. The van der Waals surface area contributed by atoms with Crippen LogP contribution in [0.1, 0.15) is 36.4 Å². The lowest BCUT2D eigenvalue weighted by molar-refractivity contribution is 0.614. The normalized spacial score (nSPS) is 12.5. The molecular weight excluding hydrogens is 250 g/mol. The smallest absolute Gasteiger partial charge is 0.0297 e. The molecule has 0 aromatic heterocycles. The highest BCUT2D eigenvalue weighted by atomic mass is 79.9. The van der Waals surface area contributed by atoms with Gasteiger partial charge in [-0.3, -0.25) is 0 Å². The van der Waals surface area contributed by atoms with Crippen molar-refractivity contribution in [3.63, 3.8) is 0 Å². The van der Waals surface area contributed by atoms with Crippen LogP contribution in [0.15, 0.2) is 35.3 Å². The Labute approximate surface area is 101 Å². The van der Waals surface area contributed by atoms with Crippen LogP contribution in [0.4, 0.5) is 0 Å². The Morgan fingerprint density at radius 2 is 2.27 bits per heavy atom. The topological polar surface area (TPSA) is 26.0 Å². The van der Waals surface area contributed by atoms with Crippen LogP contribution >= 0.6 is 15.9 Å². The highest BCUT2D eigenvalue weighted by molar-refractivity contribution is 9.10. The number of hydrogen-bond acceptors (Lipinski definition) is 1. The first-order valence-electron chi connectivity index (χ1n) is 5.28. The average Bonchev–Trinajstić information content (AvgIpc) is 2.22. The number of benzene rings is 1. The van der Waals surface area contributed by atoms with E-state index in [2.05, 4.69) is 41.6 Å². The monoisotopic (exact) mass is 267 g/mol. The van der Waals surface area contributed by atoms with Crippen LogP contribution in [0.5, 0.6) is 0 Å². The Kier molecular flexibility index (Phi) is 5.06. The van der Waals surface area contributed by atoms with E-state index in [4.69, 9.17) is 5.73 Å². The first kappa shape index (κ1) is 12.5. The van der Waals surface area contributed by atoms with Gasteiger partial charge in [-0.25, -0.2) is 0 Å². The van der Waals surface area contributed by atoms with Crippen molar-refractivity contribution in [1.82, 2.24) is 0 Å². The summed E-state index contributed by atoms with van der Waals surface area (Å²) in [5, 5.41) is 0. The summed E-state index contributed by atoms with van der Waals surface area (Å²) >= 11 is 3.52. The summed E-state index contributed by atoms with van der Waals surface area (Å²) in [5.41, 5.74) is 8.65. The first-order valence-corrected chi connectivity index (χ1v) is 6.07. The number of rotatable bonds is 5. The summed E-state index contributed by atoms with van der Waals surface area (Å²) in [4.78, 5) is 0. The third-order valence-corrected chi connectivity index (χ3v) is 3.49. The zero-order valence-corrected chi connectivity index (χ0v) is 10.8. The molecule has 0 saturated carbocycles. The minimum absolute atomic E-state index is 0.141. The molecular formula is C13H18BrN. The van der Waals surface area contributed by atoms with Gasteiger partial charge in [-0.05, 0) is 43.4 Å². The maximum absolute atomic E-state index is 6.15. The molecule has 2 N–H and O–H groups in total. The van der Waals surface area contributed by atoms with Gasteiger partial charge in [-0.15, -0.1) is 6.58 Å². The Hall–Kier alpha value is -0.600. The molecule has 0 fully saturated rings. The fourth-order valence-electron chi connectivity index (χ4n) is 1.66. The number of allylic oxidation sites excluding steroid dienone is 1. The van der Waals surface area contributed by atoms with Gasteiger partial charge in [0.1, 0.15) is 0 Å². The molecule has 0 aliphatic rings. The van der Waals surface area contributed by atoms with Crippen molar-refractivity contribution in [2.75, 3.05) is 0 Å². The Morgan fingerprint density at radius 1 is 1.53 bits per heavy atom. The predicted molar refractivity (Wildman–Crippen MR) is 69.9 cm³/mol. The molecule has 82 valence electrons. The lowest BCUT2D eigenvalue weighted by atomic mass is 9.98. The van der Waals surface area contributed by atoms with Crippen LogP contribution in [0.3, 0.4) is 0 Å². The van der Waals surface area contributed by atoms with Crippen molar-refractivity contribution >= 4 is 15.9 Å². The summed E-state index contributed by atoms with van der Waals surface area (Å²) in [6.07, 6.45) is 5.11. The predicted octanol–water partition coefficient (Wildman–Crippen LogP) is 4.11. The highest BCUT2D eigenvalue weighted by Gasteiger charge is 2.09. The minimum atomic E-state index is 0.141. The van der Waals surface area contributed by atoms with Gasteiger partial charge in [0.2, 0.25) is 0 Å². The molecule has 0 spiro atoms. The van der Waals surface area contributed by atoms with Gasteiger partial charge in [0.15, 0.2) is 0 Å². The summed E-state index contributed by atoms with van der Waals surface area (Å²) in [7, 11) is 0. The third kappa shape index (κ3) is 3.47. The van der Waals surface area contributed by atoms with Crippen molar-refractivity contribution < 1.29 is 0 Å². The fraction of sp³-hybridized carbons (Fsp3) is 0.385. The second-order valence-corrected chi connectivity index (χ2v) is 4.63. The van der Waals surface area contributed by atoms with Gasteiger partial charge in [0.25, 0.3) is 0 Å². The van der Waals surface area contributed by atoms with Gasteiger partial charge in [-0.1, -0.05) is 34.1 Å². The summed E-state index contributed by atoms with van der Waals surface area (Å²) in [6, 6.07) is 6.34. The quantitative estimate of drug-likeness (QED) is 0.631. The number of unbranched alkanes of at least 4 members (excludes halogenated alkanes) is 1. The van der Waals surface area contributed by atoms with Gasteiger partial charge in [0.05, 0.1) is 0 Å². The van der Waals surface area contributed by atoms with E-state index in [1.54, 1.807) is 0 Å². The summed E-state index contributed by atoms with van der Waals surface area (Å²) < 4.78 is 1.14. The van der Waals surface area contributed by atoms with Crippen LogP contribution in [0, 0.1) is 6.92 Å². The molecule has 0 heterocycles. The van der Waals surface area contributed by atoms with E-state index in [-0.39, 0.29) is 6.04 Å². The second kappa shape index (κ2) is 6.09. The van der Waals surface area contributed by atoms with E-state index in [0.29, 0.717) is 0 Å². The molecule has 1 nitrogen and oxygen atoms in total. The van der Waals surface area contributed by atoms with Crippen molar-refractivity contribution in [2.45, 2.75) is 32.2 Å². The molecule has 0 saturated heterocycles. The van der Waals surface area contributed by atoms with Crippen LogP contribution in [-0.2, 0) is 0 Å². The standard InChI is InChI=1S/C13H18BrN/c1-3-4-5-9-13(15)11-7-6-8-12(14)10(11)2/h3,6-8,13H,1,4-5,9,15H2,2H3. The molecule has 0 bridgehead atoms. The van der Waals surface area contributed by atoms with Crippen molar-refractivity contribution in [3.8, 4) is 0 Å². The molecule has 2 heteroatoms. The van der Waals surface area contributed by atoms with Gasteiger partial charge in [-0.2, -0.15) is 0 Å². The van der Waals surface area contributed by atoms with E-state index >= 15 is 0 Å². The van der Waals surface area contributed by atoms with Gasteiger partial charge < -0.3 is 5.73 Å². The van der Waals surface area contributed by atoms with E-state index in [1.165, 1.54) is 11.1 Å². The number of halogens is 1. The molecule has 0 radical (unpaired) electrons. The lowest BCUT2D eigenvalue weighted by Crippen LogP contribution is -2.11. The van der Waals surface area contributed by atoms with Crippen molar-refractivity contribution in [3.05, 3.63) is 46.5 Å². The molecule has 1 rings (SSSR count). The lowest BCUT2D eigenvalue weighted by Gasteiger charge is -2.15. The van der Waals surface area contributed by atoms with Crippen LogP contribution < -0.4 is 5.73 Å². The fourth-order valence-corrected chi connectivity index (χ4v) is 2.04. The van der Waals surface area contributed by atoms with Gasteiger partial charge >= 0.3 is 0 Å². The zero-order chi connectivity index (χ0) is 11.3. The maximum Gasteiger partial charge on any atom is 0.0297 e. The SMILES string of the molecule is C=CCCCC(N)c1cccc(Br)c1C. The van der Waals surface area contributed by atoms with Crippen molar-refractivity contribution in [2.24, 2.45) is 5.73 Å². The van der Waals surface area contributed by atoms with E-state index in [1.807, 2.05) is 12.1 Å². The molecule has 1 aromatic carbocycles. The van der Waals surface area contributed by atoms with Crippen LogP contribution in [0.25, 0.3) is 0 Å². The molecule has 0 aliphatic carbocycles. The molecule has 0 amide bonds. The van der Waals surface area contributed by atoms with E-state index in [9.17, 15) is 0 Å². The summed E-state index contributed by atoms with van der Waals surface area (Å²) in [5.74, 6) is 0. The molecule has 0 aliphatic heterocycles. The maximum atomic E-state index is 6.15. The third-order valence-electron chi connectivity index (χ3n) is 2.63. The number of hydrogen-bond donors (Lipinski definition) is 1. The largest absolute Gasteiger partial charge is 0.324 e. The van der Waals surface area contributed by atoms with Crippen LogP contribution in [0.2, 0.25) is 0 Å². The minimum Gasteiger partial charge on any atom is -0.324 e. The Morgan fingerprint density at radius 3 is 2.93 bits per heavy atom. The first-order chi connectivity index (χ1) is 7.16. The van der Waals surface area contributed by atoms with Crippen molar-refractivity contribution in [1.29, 1.82) is 0 Å². The van der Waals surface area contributed by atoms with E-state index in [0.717, 1.165) is 23.7 Å². The Balaban J connectivity index is 2.68. The Bertz CT molecular complexity index is 333. The van der Waals surface area contributed by atoms with Crippen LogP contribution in [-0.4, -0.2) is 0 Å². The molecule has 15 heavy (non-hydrogen) atoms. The molecule has 1 aromatic rings. The van der Waals surface area contributed by atoms with E-state index < -0.39 is 0 Å². The highest BCUT2D eigenvalue weighted by Crippen LogP contribution is 2.25. The average molecular weight is 268 g/mol.